The predicted octanol–water partition coefficient (Wildman–Crippen LogP) is 0.231. The molecule has 0 saturated carbocycles. The Kier molecular flexibility index (Phi) is 5.08. The number of methoxy groups -OCH3 is 1. The van der Waals surface area contributed by atoms with E-state index in [1.54, 1.807) is 0 Å². The molecular weight excluding hydrogens is 158 g/mol. The minimum Gasteiger partial charge on any atom is -0.467 e. The first kappa shape index (κ1) is 10.9. The summed E-state index contributed by atoms with van der Waals surface area (Å²) in [5.41, 5.74) is 0. The van der Waals surface area contributed by atoms with Crippen LogP contribution in [0.3, 0.4) is 0 Å². The highest BCUT2D eigenvalue weighted by atomic mass is 16.5. The minimum atomic E-state index is -0.563. The van der Waals surface area contributed by atoms with Gasteiger partial charge in [-0.2, -0.15) is 0 Å². The number of nitrogens with one attached hydrogen (secondary N) is 1. The number of hydrogen-bond donors (Lipinski definition) is 1. The Morgan fingerprint density at radius 1 is 1.58 bits per heavy atom. The van der Waals surface area contributed by atoms with Gasteiger partial charge in [0.15, 0.2) is 0 Å². The topological polar surface area (TPSA) is 55.4 Å². The lowest BCUT2D eigenvalue weighted by Crippen LogP contribution is -2.37. The second kappa shape index (κ2) is 5.57. The molecule has 4 nitrogen and oxygen atoms in total. The first-order valence-corrected chi connectivity index (χ1v) is 3.82. The highest BCUT2D eigenvalue weighted by Crippen LogP contribution is 2.05. The first-order chi connectivity index (χ1) is 5.61. The average molecular weight is 172 g/mol. The number of carbonyl (C=O) groups excluding carboxylic acids is 2. The molecule has 0 aliphatic heterocycles. The van der Waals surface area contributed by atoms with Crippen LogP contribution in [0.4, 0.5) is 0 Å². The van der Waals surface area contributed by atoms with E-state index in [2.05, 4.69) is 10.1 Å². The zero-order valence-electron chi connectivity index (χ0n) is 7.59. The van der Waals surface area contributed by atoms with Crippen LogP contribution in [-0.2, 0) is 14.3 Å². The van der Waals surface area contributed by atoms with Crippen molar-refractivity contribution in [3.63, 3.8) is 0 Å². The van der Waals surface area contributed by atoms with Crippen molar-refractivity contribution in [3.8, 4) is 0 Å². The lowest BCUT2D eigenvalue weighted by atomic mass is 10.0. The fourth-order valence-electron chi connectivity index (χ4n) is 0.899. The second-order valence-corrected chi connectivity index (χ2v) is 2.95. The molecule has 12 heavy (non-hydrogen) atoms. The van der Waals surface area contributed by atoms with Crippen molar-refractivity contribution in [2.45, 2.75) is 26.3 Å². The Bertz CT molecular complexity index is 156. The fourth-order valence-corrected chi connectivity index (χ4v) is 0.899. The molecule has 0 spiro atoms. The van der Waals surface area contributed by atoms with E-state index in [1.807, 2.05) is 13.8 Å². The molecule has 0 bridgehead atoms. The first-order valence-electron chi connectivity index (χ1n) is 3.82. The molecule has 0 rings (SSSR count). The van der Waals surface area contributed by atoms with Crippen LogP contribution in [0.25, 0.3) is 0 Å². The highest BCUT2D eigenvalue weighted by molar-refractivity contribution is 5.78. The van der Waals surface area contributed by atoms with Gasteiger partial charge in [0, 0.05) is 0 Å². The largest absolute Gasteiger partial charge is 0.467 e. The van der Waals surface area contributed by atoms with E-state index < -0.39 is 12.0 Å². The van der Waals surface area contributed by atoms with Gasteiger partial charge in [-0.15, -0.1) is 0 Å². The van der Waals surface area contributed by atoms with Gasteiger partial charge >= 0.3 is 12.4 Å². The summed E-state index contributed by atoms with van der Waals surface area (Å²) < 4.78 is 4.49. The minimum absolute atomic E-state index is 0.329. The van der Waals surface area contributed by atoms with E-state index in [0.29, 0.717) is 12.3 Å². The summed E-state index contributed by atoms with van der Waals surface area (Å²) >= 11 is 0. The maximum Gasteiger partial charge on any atom is 0.328 e. The van der Waals surface area contributed by atoms with E-state index in [0.717, 1.165) is 0 Å². The Labute approximate surface area is 72.3 Å². The van der Waals surface area contributed by atoms with Gasteiger partial charge in [0.25, 0.3) is 0 Å². The van der Waals surface area contributed by atoms with Crippen LogP contribution in [0.1, 0.15) is 20.3 Å². The van der Waals surface area contributed by atoms with Gasteiger partial charge in [0.2, 0.25) is 0 Å². The Balaban J connectivity index is 4.02. The zero-order valence-corrected chi connectivity index (χ0v) is 7.59. The standard InChI is InChI=1S/C8H14NO3/c1-6(2)4-7(9-5-10)8(11)12-3/h6-7H,4H2,1-3H3,(H,9,10). The van der Waals surface area contributed by atoms with Crippen LogP contribution in [0, 0.1) is 5.92 Å². The van der Waals surface area contributed by atoms with Crippen molar-refractivity contribution >= 4 is 12.4 Å². The summed E-state index contributed by atoms with van der Waals surface area (Å²) in [4.78, 5) is 20.9. The van der Waals surface area contributed by atoms with E-state index in [9.17, 15) is 9.59 Å². The Hall–Kier alpha value is -1.06. The fraction of sp³-hybridized carbons (Fsp3) is 0.750. The molecule has 1 N–H and O–H groups in total. The smallest absolute Gasteiger partial charge is 0.328 e. The summed E-state index contributed by atoms with van der Waals surface area (Å²) in [7, 11) is 1.29. The van der Waals surface area contributed by atoms with Gasteiger partial charge in [-0.25, -0.2) is 4.79 Å². The van der Waals surface area contributed by atoms with Crippen LogP contribution in [0.2, 0.25) is 0 Å². The van der Waals surface area contributed by atoms with Gasteiger partial charge in [0.1, 0.15) is 6.04 Å². The summed E-state index contributed by atoms with van der Waals surface area (Å²) in [6.07, 6.45) is 2.06. The molecule has 1 amide bonds. The monoisotopic (exact) mass is 172 g/mol. The molecule has 0 aromatic heterocycles. The lowest BCUT2D eigenvalue weighted by molar-refractivity contribution is -0.143. The molecule has 1 unspecified atom stereocenters. The van der Waals surface area contributed by atoms with Crippen molar-refractivity contribution in [2.75, 3.05) is 7.11 Å². The van der Waals surface area contributed by atoms with E-state index in [-0.39, 0.29) is 0 Å². The molecule has 1 atom stereocenters. The number of ether oxygens (including phenoxy) is 1. The normalized spacial score (nSPS) is 12.3. The summed E-state index contributed by atoms with van der Waals surface area (Å²) in [6, 6.07) is -0.563. The van der Waals surface area contributed by atoms with Gasteiger partial charge < -0.3 is 10.1 Å². The molecule has 0 saturated heterocycles. The zero-order chi connectivity index (χ0) is 9.56. The molecule has 0 aromatic carbocycles. The van der Waals surface area contributed by atoms with Crippen molar-refractivity contribution in [1.82, 2.24) is 5.32 Å². The predicted molar refractivity (Wildman–Crippen MR) is 44.1 cm³/mol. The number of esters is 1. The van der Waals surface area contributed by atoms with Crippen molar-refractivity contribution in [3.05, 3.63) is 0 Å². The summed E-state index contributed by atoms with van der Waals surface area (Å²) in [5, 5.41) is 2.28. The number of hydrogen-bond acceptors (Lipinski definition) is 3. The number of rotatable bonds is 5. The van der Waals surface area contributed by atoms with Gasteiger partial charge in [-0.1, -0.05) is 13.8 Å². The van der Waals surface area contributed by atoms with E-state index in [4.69, 9.17) is 0 Å². The highest BCUT2D eigenvalue weighted by Gasteiger charge is 2.19. The van der Waals surface area contributed by atoms with E-state index in [1.165, 1.54) is 13.5 Å². The molecular formula is C8H14NO3. The molecule has 69 valence electrons. The van der Waals surface area contributed by atoms with Crippen LogP contribution < -0.4 is 5.32 Å². The molecule has 0 heterocycles. The van der Waals surface area contributed by atoms with E-state index >= 15 is 0 Å². The van der Waals surface area contributed by atoms with Gasteiger partial charge in [-0.05, 0) is 12.3 Å². The summed E-state index contributed by atoms with van der Waals surface area (Å²) in [6.45, 7) is 3.92. The molecule has 0 aliphatic rings. The van der Waals surface area contributed by atoms with Crippen molar-refractivity contribution in [2.24, 2.45) is 5.92 Å². The van der Waals surface area contributed by atoms with Crippen molar-refractivity contribution in [1.29, 1.82) is 0 Å². The number of amides is 1. The third-order valence-corrected chi connectivity index (χ3v) is 1.43. The van der Waals surface area contributed by atoms with Gasteiger partial charge in [-0.3, -0.25) is 4.79 Å². The molecule has 4 heteroatoms. The third kappa shape index (κ3) is 3.95. The SMILES string of the molecule is COC(=O)C(CC(C)C)N[C]=O. The second-order valence-electron chi connectivity index (χ2n) is 2.95. The molecule has 0 aromatic rings. The quantitative estimate of drug-likeness (QED) is 0.477. The van der Waals surface area contributed by atoms with Crippen LogP contribution in [0.5, 0.6) is 0 Å². The molecule has 1 radical (unpaired) electrons. The van der Waals surface area contributed by atoms with Crippen molar-refractivity contribution < 1.29 is 14.3 Å². The number of carbonyl (C=O) groups is 1. The van der Waals surface area contributed by atoms with Gasteiger partial charge in [0.05, 0.1) is 7.11 Å². The molecule has 0 aliphatic carbocycles. The third-order valence-electron chi connectivity index (χ3n) is 1.43. The Morgan fingerprint density at radius 3 is 2.50 bits per heavy atom. The summed E-state index contributed by atoms with van der Waals surface area (Å²) in [5.74, 6) is -0.0954. The maximum absolute atomic E-state index is 11.0. The maximum atomic E-state index is 11.0. The Morgan fingerprint density at radius 2 is 2.17 bits per heavy atom. The lowest BCUT2D eigenvalue weighted by Gasteiger charge is -2.14. The van der Waals surface area contributed by atoms with Crippen LogP contribution in [0.15, 0.2) is 0 Å². The average Bonchev–Trinajstić information content (AvgIpc) is 2.01. The molecule has 0 fully saturated rings. The van der Waals surface area contributed by atoms with Crippen LogP contribution >= 0.6 is 0 Å². The van der Waals surface area contributed by atoms with Crippen LogP contribution in [-0.4, -0.2) is 25.5 Å².